The summed E-state index contributed by atoms with van der Waals surface area (Å²) in [5, 5.41) is -0.493. The Hall–Kier alpha value is -1.34. The molecule has 3 nitrogen and oxygen atoms in total. The van der Waals surface area contributed by atoms with Crippen LogP contribution in [0.3, 0.4) is 0 Å². The van der Waals surface area contributed by atoms with Gasteiger partial charge in [-0.25, -0.2) is 4.39 Å². The number of nitrogens with two attached hydrogens (primary N) is 1. The van der Waals surface area contributed by atoms with Gasteiger partial charge in [0, 0.05) is 11.6 Å². The van der Waals surface area contributed by atoms with Gasteiger partial charge in [0.25, 0.3) is 0 Å². The number of carbonyl (C=O) groups is 1. The molecule has 1 rings (SSSR count). The van der Waals surface area contributed by atoms with E-state index < -0.39 is 46.6 Å². The largest absolute Gasteiger partial charge is 0.466 e. The van der Waals surface area contributed by atoms with Crippen molar-refractivity contribution in [2.45, 2.75) is 25.6 Å². The van der Waals surface area contributed by atoms with Crippen molar-refractivity contribution >= 4 is 17.6 Å². The zero-order chi connectivity index (χ0) is 15.5. The van der Waals surface area contributed by atoms with Crippen LogP contribution in [0.2, 0.25) is 5.02 Å². The average Bonchev–Trinajstić information content (AvgIpc) is 2.30. The number of esters is 1. The Bertz CT molecular complexity index is 505. The summed E-state index contributed by atoms with van der Waals surface area (Å²) in [5.74, 6) is -2.09. The fourth-order valence-electron chi connectivity index (χ4n) is 1.68. The molecule has 0 amide bonds. The first-order chi connectivity index (χ1) is 9.18. The van der Waals surface area contributed by atoms with Crippen molar-refractivity contribution in [3.05, 3.63) is 34.1 Å². The predicted octanol–water partition coefficient (Wildman–Crippen LogP) is 3.45. The van der Waals surface area contributed by atoms with E-state index in [4.69, 9.17) is 17.3 Å². The van der Waals surface area contributed by atoms with Gasteiger partial charge >= 0.3 is 12.1 Å². The Morgan fingerprint density at radius 3 is 2.55 bits per heavy atom. The van der Waals surface area contributed by atoms with Crippen molar-refractivity contribution < 1.29 is 27.1 Å². The van der Waals surface area contributed by atoms with Crippen LogP contribution in [0, 0.1) is 5.82 Å². The second kappa shape index (κ2) is 6.41. The molecule has 0 fully saturated rings. The average molecular weight is 314 g/mol. The van der Waals surface area contributed by atoms with Crippen LogP contribution in [0.1, 0.15) is 30.5 Å². The number of halogens is 5. The number of ether oxygens (including phenoxy) is 1. The van der Waals surface area contributed by atoms with E-state index in [1.165, 1.54) is 6.92 Å². The fourth-order valence-corrected chi connectivity index (χ4v) is 1.84. The monoisotopic (exact) mass is 313 g/mol. The van der Waals surface area contributed by atoms with Crippen LogP contribution in [0.25, 0.3) is 0 Å². The maximum Gasteiger partial charge on any atom is 0.416 e. The number of hydrogen-bond donors (Lipinski definition) is 1. The molecule has 0 spiro atoms. The van der Waals surface area contributed by atoms with Gasteiger partial charge in [-0.05, 0) is 19.1 Å². The Labute approximate surface area is 117 Å². The highest BCUT2D eigenvalue weighted by molar-refractivity contribution is 6.30. The van der Waals surface area contributed by atoms with E-state index in [9.17, 15) is 22.4 Å². The summed E-state index contributed by atoms with van der Waals surface area (Å²) < 4.78 is 56.9. The molecule has 1 aromatic rings. The van der Waals surface area contributed by atoms with Gasteiger partial charge < -0.3 is 10.5 Å². The van der Waals surface area contributed by atoms with E-state index in [1.54, 1.807) is 0 Å². The zero-order valence-corrected chi connectivity index (χ0v) is 11.2. The molecule has 2 N–H and O–H groups in total. The summed E-state index contributed by atoms with van der Waals surface area (Å²) in [7, 11) is 0. The normalized spacial score (nSPS) is 13.2. The quantitative estimate of drug-likeness (QED) is 0.684. The molecular formula is C12H12ClF4NO2. The second-order valence-electron chi connectivity index (χ2n) is 3.94. The number of benzene rings is 1. The lowest BCUT2D eigenvalue weighted by Gasteiger charge is -2.19. The molecule has 0 aliphatic carbocycles. The third kappa shape index (κ3) is 3.83. The second-order valence-corrected chi connectivity index (χ2v) is 4.34. The molecular weight excluding hydrogens is 302 g/mol. The van der Waals surface area contributed by atoms with Gasteiger partial charge in [-0.15, -0.1) is 0 Å². The Kier molecular flexibility index (Phi) is 5.35. The van der Waals surface area contributed by atoms with Gasteiger partial charge in [0.15, 0.2) is 0 Å². The summed E-state index contributed by atoms with van der Waals surface area (Å²) >= 11 is 5.46. The predicted molar refractivity (Wildman–Crippen MR) is 64.6 cm³/mol. The van der Waals surface area contributed by atoms with Gasteiger partial charge in [0.1, 0.15) is 5.82 Å². The molecule has 1 aromatic carbocycles. The summed E-state index contributed by atoms with van der Waals surface area (Å²) in [6, 6.07) is -0.0733. The molecule has 0 saturated heterocycles. The molecule has 0 aromatic heterocycles. The first-order valence-electron chi connectivity index (χ1n) is 5.64. The molecule has 0 unspecified atom stereocenters. The summed E-state index contributed by atoms with van der Waals surface area (Å²) in [6.45, 7) is 1.58. The maximum absolute atomic E-state index is 13.8. The third-order valence-corrected chi connectivity index (χ3v) is 2.79. The molecule has 0 radical (unpaired) electrons. The first kappa shape index (κ1) is 16.7. The van der Waals surface area contributed by atoms with E-state index in [2.05, 4.69) is 4.74 Å². The van der Waals surface area contributed by atoms with E-state index >= 15 is 0 Å². The lowest BCUT2D eigenvalue weighted by atomic mass is 9.97. The lowest BCUT2D eigenvalue weighted by Crippen LogP contribution is -2.23. The third-order valence-electron chi connectivity index (χ3n) is 2.50. The van der Waals surface area contributed by atoms with Crippen molar-refractivity contribution in [2.75, 3.05) is 6.61 Å². The Morgan fingerprint density at radius 1 is 1.45 bits per heavy atom. The minimum absolute atomic E-state index is 0.0513. The summed E-state index contributed by atoms with van der Waals surface area (Å²) in [6.07, 6.45) is -5.37. The van der Waals surface area contributed by atoms with Gasteiger partial charge in [0.05, 0.1) is 23.6 Å². The summed E-state index contributed by atoms with van der Waals surface area (Å²) in [5.41, 5.74) is 3.41. The zero-order valence-electron chi connectivity index (χ0n) is 10.4. The highest BCUT2D eigenvalue weighted by Gasteiger charge is 2.37. The molecule has 1 atom stereocenters. The van der Waals surface area contributed by atoms with Crippen molar-refractivity contribution in [1.29, 1.82) is 0 Å². The van der Waals surface area contributed by atoms with E-state index in [1.807, 2.05) is 0 Å². The van der Waals surface area contributed by atoms with Crippen LogP contribution >= 0.6 is 11.6 Å². The SMILES string of the molecule is CCOC(=O)C[C@@H](N)c1c(C(F)(F)F)ccc(Cl)c1F. The fraction of sp³-hybridized carbons (Fsp3) is 0.417. The van der Waals surface area contributed by atoms with Crippen LogP contribution in [0.4, 0.5) is 17.6 Å². The number of rotatable bonds is 4. The highest BCUT2D eigenvalue weighted by atomic mass is 35.5. The standard InChI is InChI=1S/C12H12ClF4NO2/c1-2-20-9(19)5-8(18)10-6(12(15,16)17)3-4-7(13)11(10)14/h3-4,8H,2,5,18H2,1H3/t8-/m1/s1. The van der Waals surface area contributed by atoms with Crippen LogP contribution in [-0.4, -0.2) is 12.6 Å². The molecule has 0 bridgehead atoms. The van der Waals surface area contributed by atoms with Crippen LogP contribution in [0.5, 0.6) is 0 Å². The van der Waals surface area contributed by atoms with Crippen LogP contribution < -0.4 is 5.73 Å². The van der Waals surface area contributed by atoms with Gasteiger partial charge in [-0.3, -0.25) is 4.79 Å². The van der Waals surface area contributed by atoms with Crippen LogP contribution in [-0.2, 0) is 15.7 Å². The van der Waals surface area contributed by atoms with Gasteiger partial charge in [0.2, 0.25) is 0 Å². The number of hydrogen-bond acceptors (Lipinski definition) is 3. The van der Waals surface area contributed by atoms with Crippen molar-refractivity contribution in [3.63, 3.8) is 0 Å². The highest BCUT2D eigenvalue weighted by Crippen LogP contribution is 2.38. The van der Waals surface area contributed by atoms with Crippen molar-refractivity contribution in [3.8, 4) is 0 Å². The Morgan fingerprint density at radius 2 is 2.05 bits per heavy atom. The number of alkyl halides is 3. The lowest BCUT2D eigenvalue weighted by molar-refractivity contribution is -0.144. The molecule has 112 valence electrons. The molecule has 0 saturated carbocycles. The molecule has 0 heterocycles. The minimum Gasteiger partial charge on any atom is -0.466 e. The van der Waals surface area contributed by atoms with Gasteiger partial charge in [-0.1, -0.05) is 11.6 Å². The molecule has 8 heteroatoms. The van der Waals surface area contributed by atoms with Crippen molar-refractivity contribution in [2.24, 2.45) is 5.73 Å². The van der Waals surface area contributed by atoms with E-state index in [0.717, 1.165) is 6.07 Å². The molecule has 0 aliphatic heterocycles. The number of carbonyl (C=O) groups excluding carboxylic acids is 1. The topological polar surface area (TPSA) is 52.3 Å². The minimum atomic E-state index is -4.80. The van der Waals surface area contributed by atoms with E-state index in [-0.39, 0.29) is 6.61 Å². The van der Waals surface area contributed by atoms with Gasteiger partial charge in [-0.2, -0.15) is 13.2 Å². The summed E-state index contributed by atoms with van der Waals surface area (Å²) in [4.78, 5) is 11.2. The smallest absolute Gasteiger partial charge is 0.416 e. The van der Waals surface area contributed by atoms with Crippen LogP contribution in [0.15, 0.2) is 12.1 Å². The maximum atomic E-state index is 13.8. The van der Waals surface area contributed by atoms with E-state index in [0.29, 0.717) is 6.07 Å². The molecule has 0 aliphatic rings. The molecule has 20 heavy (non-hydrogen) atoms. The Balaban J connectivity index is 3.20. The first-order valence-corrected chi connectivity index (χ1v) is 6.02. The van der Waals surface area contributed by atoms with Crippen molar-refractivity contribution in [1.82, 2.24) is 0 Å².